The van der Waals surface area contributed by atoms with Gasteiger partial charge in [0.05, 0.1) is 0 Å². The van der Waals surface area contributed by atoms with Crippen molar-refractivity contribution in [2.24, 2.45) is 0 Å². The maximum Gasteiger partial charge on any atom is 0.238 e. The summed E-state index contributed by atoms with van der Waals surface area (Å²) in [5.41, 5.74) is -0.224. The van der Waals surface area contributed by atoms with Gasteiger partial charge in [-0.05, 0) is 0 Å². The largest absolute Gasteiger partial charge is 0.508 e. The molecule has 3 aromatic rings. The zero-order valence-electron chi connectivity index (χ0n) is 10.2. The number of fused-ring (bicyclic) bond motifs is 1. The standard InChI is InChI=1S/C15H10O5/c16-9-6-10(17)12-11(7-9)20-15(14(19)13(12)18)8-4-2-1-3-5-8/h1-7,16-17,19H/i13+1,14+1,15+1. The third kappa shape index (κ3) is 1.76. The van der Waals surface area contributed by atoms with Gasteiger partial charge in [0.25, 0.3) is 0 Å². The summed E-state index contributed by atoms with van der Waals surface area (Å²) in [7, 11) is 0. The van der Waals surface area contributed by atoms with Gasteiger partial charge in [-0.1, -0.05) is 30.3 Å². The Bertz CT molecular complexity index is 850. The molecule has 0 amide bonds. The molecule has 0 aliphatic heterocycles. The Morgan fingerprint density at radius 2 is 1.65 bits per heavy atom. The molecule has 0 spiro atoms. The van der Waals surface area contributed by atoms with Gasteiger partial charge >= 0.3 is 0 Å². The van der Waals surface area contributed by atoms with Gasteiger partial charge in [-0.2, -0.15) is 0 Å². The fraction of sp³-hybridized carbons (Fsp3) is 0. The lowest BCUT2D eigenvalue weighted by molar-refractivity contribution is 0.438. The number of aromatic hydroxyl groups is 3. The zero-order chi connectivity index (χ0) is 14.3. The first kappa shape index (κ1) is 12.1. The van der Waals surface area contributed by atoms with Crippen LogP contribution in [0.15, 0.2) is 51.7 Å². The van der Waals surface area contributed by atoms with E-state index in [4.69, 9.17) is 4.42 Å². The summed E-state index contributed by atoms with van der Waals surface area (Å²) in [6.07, 6.45) is 0. The van der Waals surface area contributed by atoms with Crippen LogP contribution in [0.25, 0.3) is 22.3 Å². The maximum absolute atomic E-state index is 12.1. The second-order valence-electron chi connectivity index (χ2n) is 4.31. The number of phenolic OH excluding ortho intramolecular Hbond substituents is 2. The van der Waals surface area contributed by atoms with Crippen LogP contribution in [-0.2, 0) is 0 Å². The molecule has 0 aliphatic carbocycles. The van der Waals surface area contributed by atoms with Gasteiger partial charge in [0.1, 0.15) is 22.5 Å². The van der Waals surface area contributed by atoms with Crippen molar-refractivity contribution in [3.05, 3.63) is 52.7 Å². The van der Waals surface area contributed by atoms with Gasteiger partial charge in [-0.15, -0.1) is 0 Å². The highest BCUT2D eigenvalue weighted by Gasteiger charge is 2.18. The molecule has 0 saturated carbocycles. The Morgan fingerprint density at radius 3 is 2.35 bits per heavy atom. The number of hydrogen-bond acceptors (Lipinski definition) is 5. The summed E-state index contributed by atoms with van der Waals surface area (Å²) in [6.45, 7) is 0. The third-order valence-electron chi connectivity index (χ3n) is 2.97. The maximum atomic E-state index is 12.1. The molecule has 0 fully saturated rings. The van der Waals surface area contributed by atoms with Crippen LogP contribution in [-0.4, -0.2) is 15.3 Å². The van der Waals surface area contributed by atoms with Crippen LogP contribution in [0.4, 0.5) is 0 Å². The van der Waals surface area contributed by atoms with E-state index >= 15 is 0 Å². The van der Waals surface area contributed by atoms with Gasteiger partial charge in [0.15, 0.2) is 5.76 Å². The van der Waals surface area contributed by atoms with Crippen molar-refractivity contribution >= 4 is 11.0 Å². The van der Waals surface area contributed by atoms with Gasteiger partial charge in [-0.3, -0.25) is 4.79 Å². The fourth-order valence-corrected chi connectivity index (χ4v) is 2.06. The van der Waals surface area contributed by atoms with Gasteiger partial charge in [0, 0.05) is 17.7 Å². The van der Waals surface area contributed by atoms with Crippen LogP contribution >= 0.6 is 0 Å². The first-order chi connectivity index (χ1) is 9.58. The van der Waals surface area contributed by atoms with Gasteiger partial charge in [0.2, 0.25) is 11.2 Å². The van der Waals surface area contributed by atoms with Crippen LogP contribution in [0.2, 0.25) is 0 Å². The molecule has 3 N–H and O–H groups in total. The fourth-order valence-electron chi connectivity index (χ4n) is 2.06. The highest BCUT2D eigenvalue weighted by molar-refractivity contribution is 5.88. The van der Waals surface area contributed by atoms with Crippen molar-refractivity contribution in [3.63, 3.8) is 0 Å². The second-order valence-corrected chi connectivity index (χ2v) is 4.31. The Hall–Kier alpha value is -2.95. The van der Waals surface area contributed by atoms with E-state index in [1.807, 2.05) is 0 Å². The van der Waals surface area contributed by atoms with E-state index in [1.165, 1.54) is 6.07 Å². The Morgan fingerprint density at radius 1 is 0.950 bits per heavy atom. The topological polar surface area (TPSA) is 90.9 Å². The van der Waals surface area contributed by atoms with E-state index in [1.54, 1.807) is 30.3 Å². The SMILES string of the molecule is O=[13c]1c2c(O)cc(O)cc2o[13c](-c2ccccc2)[13c]1O. The summed E-state index contributed by atoms with van der Waals surface area (Å²) in [5.74, 6) is -1.26. The quantitative estimate of drug-likeness (QED) is 0.634. The molecule has 0 unspecified atom stereocenters. The molecule has 1 aromatic heterocycles. The van der Waals surface area contributed by atoms with Crippen LogP contribution in [0, 0.1) is 0 Å². The normalized spacial score (nSPS) is 10.8. The number of benzene rings is 2. The third-order valence-corrected chi connectivity index (χ3v) is 2.97. The molecule has 100 valence electrons. The molecule has 1 heterocycles. The van der Waals surface area contributed by atoms with Gasteiger partial charge in [-0.25, -0.2) is 0 Å². The summed E-state index contributed by atoms with van der Waals surface area (Å²) in [5, 5.41) is 28.9. The van der Waals surface area contributed by atoms with Crippen LogP contribution in [0.5, 0.6) is 17.2 Å². The predicted octanol–water partition coefficient (Wildman–Crippen LogP) is 2.58. The molecular weight excluding hydrogens is 263 g/mol. The molecule has 0 aliphatic rings. The van der Waals surface area contributed by atoms with Crippen molar-refractivity contribution in [2.75, 3.05) is 0 Å². The van der Waals surface area contributed by atoms with Crippen LogP contribution in [0.1, 0.15) is 0 Å². The van der Waals surface area contributed by atoms with Gasteiger partial charge < -0.3 is 19.7 Å². The Labute approximate surface area is 113 Å². The lowest BCUT2D eigenvalue weighted by atomic mass is 10.2. The molecular formula is C15H10O5. The molecule has 5 nitrogen and oxygen atoms in total. The Balaban J connectivity index is 2.42. The second kappa shape index (κ2) is 4.31. The van der Waals surface area contributed by atoms with Crippen LogP contribution < -0.4 is 5.43 Å². The lowest BCUT2D eigenvalue weighted by Gasteiger charge is -2.07. The molecule has 20 heavy (non-hydrogen) atoms. The smallest absolute Gasteiger partial charge is 0.238 e. The van der Waals surface area contributed by atoms with Crippen molar-refractivity contribution in [3.8, 4) is 28.6 Å². The van der Waals surface area contributed by atoms with Crippen molar-refractivity contribution in [2.45, 2.75) is 0 Å². The molecule has 2 aromatic carbocycles. The van der Waals surface area contributed by atoms with Crippen molar-refractivity contribution in [1.29, 1.82) is 0 Å². The molecule has 0 saturated heterocycles. The van der Waals surface area contributed by atoms with E-state index in [2.05, 4.69) is 0 Å². The van der Waals surface area contributed by atoms with Crippen molar-refractivity contribution in [1.82, 2.24) is 0 Å². The van der Waals surface area contributed by atoms with E-state index in [9.17, 15) is 20.1 Å². The predicted molar refractivity (Wildman–Crippen MR) is 72.9 cm³/mol. The number of rotatable bonds is 1. The summed E-state index contributed by atoms with van der Waals surface area (Å²) in [4.78, 5) is 12.1. The first-order valence-electron chi connectivity index (χ1n) is 5.85. The van der Waals surface area contributed by atoms with E-state index < -0.39 is 16.9 Å². The molecule has 0 atom stereocenters. The minimum atomic E-state index is -0.748. The van der Waals surface area contributed by atoms with E-state index in [-0.39, 0.29) is 22.5 Å². The van der Waals surface area contributed by atoms with E-state index in [0.717, 1.165) is 6.07 Å². The summed E-state index contributed by atoms with van der Waals surface area (Å²) >= 11 is 0. The van der Waals surface area contributed by atoms with Crippen molar-refractivity contribution < 1.29 is 19.7 Å². The minimum absolute atomic E-state index is 0.00385. The highest BCUT2D eigenvalue weighted by Crippen LogP contribution is 2.34. The molecule has 0 bridgehead atoms. The summed E-state index contributed by atoms with van der Waals surface area (Å²) in [6, 6.07) is 10.8. The lowest BCUT2D eigenvalue weighted by Crippen LogP contribution is -2.02. The monoisotopic (exact) mass is 273 g/mol. The average Bonchev–Trinajstić information content (AvgIpc) is 2.43. The van der Waals surface area contributed by atoms with E-state index in [0.29, 0.717) is 5.56 Å². The minimum Gasteiger partial charge on any atom is -0.508 e. The summed E-state index contributed by atoms with van der Waals surface area (Å²) < 4.78 is 5.45. The zero-order valence-corrected chi connectivity index (χ0v) is 10.2. The Kier molecular flexibility index (Phi) is 2.61. The highest BCUT2D eigenvalue weighted by atomic mass is 16.4. The molecule has 3 rings (SSSR count). The molecule has 0 radical (unpaired) electrons. The average molecular weight is 273 g/mol. The van der Waals surface area contributed by atoms with Crippen LogP contribution in [0.3, 0.4) is 0 Å². The number of phenols is 2. The molecule has 5 heteroatoms. The first-order valence-corrected chi connectivity index (χ1v) is 5.85. The number of hydrogen-bond donors (Lipinski definition) is 3.